The highest BCUT2D eigenvalue weighted by Gasteiger charge is 2.15. The van der Waals surface area contributed by atoms with Crippen LogP contribution in [0.25, 0.3) is 22.3 Å². The monoisotopic (exact) mass is 513 g/mol. The summed E-state index contributed by atoms with van der Waals surface area (Å²) in [5, 5.41) is 4.89. The van der Waals surface area contributed by atoms with Gasteiger partial charge in [-0.05, 0) is 48.5 Å². The molecule has 8 heteroatoms. The van der Waals surface area contributed by atoms with Gasteiger partial charge in [0.25, 0.3) is 5.56 Å². The molecule has 0 aliphatic heterocycles. The van der Waals surface area contributed by atoms with E-state index in [9.17, 15) is 9.59 Å². The van der Waals surface area contributed by atoms with Gasteiger partial charge in [-0.25, -0.2) is 9.78 Å². The average molecular weight is 514 g/mol. The summed E-state index contributed by atoms with van der Waals surface area (Å²) in [4.78, 5) is 30.4. The Morgan fingerprint density at radius 1 is 0.971 bits per heavy atom. The van der Waals surface area contributed by atoms with E-state index in [1.54, 1.807) is 48.5 Å². The van der Waals surface area contributed by atoms with Crippen molar-refractivity contribution in [2.75, 3.05) is 0 Å². The molecule has 5 rings (SSSR count). The lowest BCUT2D eigenvalue weighted by Crippen LogP contribution is -2.20. The Hall–Kier alpha value is -4.30. The number of aromatic nitrogens is 2. The number of ether oxygens (including phenoxy) is 1. The maximum atomic E-state index is 13.3. The van der Waals surface area contributed by atoms with E-state index in [4.69, 9.17) is 9.15 Å². The molecule has 34 heavy (non-hydrogen) atoms. The van der Waals surface area contributed by atoms with Crippen molar-refractivity contribution in [3.8, 4) is 17.1 Å². The number of nitrogens with zero attached hydrogens (tertiary/aromatic N) is 3. The largest absolute Gasteiger partial charge is 0.457 e. The van der Waals surface area contributed by atoms with Crippen LogP contribution in [-0.4, -0.2) is 21.8 Å². The lowest BCUT2D eigenvalue weighted by atomic mass is 10.2. The number of hydrogen-bond donors (Lipinski definition) is 0. The van der Waals surface area contributed by atoms with Crippen molar-refractivity contribution in [2.24, 2.45) is 5.10 Å². The van der Waals surface area contributed by atoms with E-state index in [1.807, 2.05) is 30.3 Å². The first-order valence-electron chi connectivity index (χ1n) is 10.3. The Morgan fingerprint density at radius 3 is 2.53 bits per heavy atom. The number of benzene rings is 3. The van der Waals surface area contributed by atoms with E-state index in [1.165, 1.54) is 23.2 Å². The highest BCUT2D eigenvalue weighted by Crippen LogP contribution is 2.22. The van der Waals surface area contributed by atoms with E-state index < -0.39 is 5.97 Å². The van der Waals surface area contributed by atoms with Crippen LogP contribution in [0, 0.1) is 0 Å². The van der Waals surface area contributed by atoms with Gasteiger partial charge in [0.1, 0.15) is 5.75 Å². The molecule has 0 N–H and O–H groups in total. The molecule has 0 saturated carbocycles. The second-order valence-electron chi connectivity index (χ2n) is 7.23. The number of hydrogen-bond acceptors (Lipinski definition) is 6. The zero-order valence-electron chi connectivity index (χ0n) is 17.6. The molecule has 0 radical (unpaired) electrons. The first kappa shape index (κ1) is 21.5. The Balaban J connectivity index is 1.59. The Morgan fingerprint density at radius 2 is 1.74 bits per heavy atom. The topological polar surface area (TPSA) is 86.7 Å². The fraction of sp³-hybridized carbons (Fsp3) is 0. The van der Waals surface area contributed by atoms with E-state index in [0.717, 1.165) is 10.0 Å². The van der Waals surface area contributed by atoms with E-state index >= 15 is 0 Å². The van der Waals surface area contributed by atoms with Crippen molar-refractivity contribution in [1.29, 1.82) is 0 Å². The molecule has 3 aromatic carbocycles. The molecule has 0 amide bonds. The molecule has 0 saturated heterocycles. The molecule has 0 unspecified atom stereocenters. The molecular weight excluding hydrogens is 498 g/mol. The molecule has 2 aromatic heterocycles. The van der Waals surface area contributed by atoms with Crippen LogP contribution in [0.15, 0.2) is 110 Å². The fourth-order valence-corrected chi connectivity index (χ4v) is 3.63. The molecule has 0 aliphatic rings. The summed E-state index contributed by atoms with van der Waals surface area (Å²) in [5.74, 6) is 0.113. The van der Waals surface area contributed by atoms with Gasteiger partial charge < -0.3 is 9.15 Å². The van der Waals surface area contributed by atoms with Crippen LogP contribution in [-0.2, 0) is 0 Å². The summed E-state index contributed by atoms with van der Waals surface area (Å²) in [7, 11) is 0. The lowest BCUT2D eigenvalue weighted by molar-refractivity contribution is 0.0701. The average Bonchev–Trinajstić information content (AvgIpc) is 3.40. The number of furan rings is 1. The quantitative estimate of drug-likeness (QED) is 0.175. The molecule has 5 aromatic rings. The standard InChI is InChI=1S/C26H16BrN3O4/c27-19-13-11-17(12-14-19)24-29-21-8-3-2-7-20(21)25(31)30(24)28-16-18-6-1-4-9-22(18)34-26(32)23-10-5-15-33-23/h1-16H. The number of halogens is 1. The van der Waals surface area contributed by atoms with Crippen LogP contribution >= 0.6 is 15.9 Å². The van der Waals surface area contributed by atoms with Gasteiger partial charge >= 0.3 is 5.97 Å². The summed E-state index contributed by atoms with van der Waals surface area (Å²) in [6.07, 6.45) is 2.86. The van der Waals surface area contributed by atoms with Gasteiger partial charge in [-0.15, -0.1) is 0 Å². The molecule has 0 aliphatic carbocycles. The molecule has 2 heterocycles. The summed E-state index contributed by atoms with van der Waals surface area (Å²) >= 11 is 3.43. The summed E-state index contributed by atoms with van der Waals surface area (Å²) in [6, 6.07) is 24.6. The molecule has 166 valence electrons. The van der Waals surface area contributed by atoms with E-state index in [2.05, 4.69) is 26.0 Å². The number of rotatable bonds is 5. The van der Waals surface area contributed by atoms with Crippen LogP contribution in [0.5, 0.6) is 5.75 Å². The maximum Gasteiger partial charge on any atom is 0.379 e. The fourth-order valence-electron chi connectivity index (χ4n) is 3.36. The third-order valence-electron chi connectivity index (χ3n) is 5.01. The van der Waals surface area contributed by atoms with Gasteiger partial charge in [0.15, 0.2) is 5.82 Å². The van der Waals surface area contributed by atoms with Crippen molar-refractivity contribution in [3.63, 3.8) is 0 Å². The predicted molar refractivity (Wildman–Crippen MR) is 132 cm³/mol. The number of carbonyl (C=O) groups excluding carboxylic acids is 1. The number of carbonyl (C=O) groups is 1. The minimum absolute atomic E-state index is 0.0826. The predicted octanol–water partition coefficient (Wildman–Crippen LogP) is 5.52. The van der Waals surface area contributed by atoms with Crippen molar-refractivity contribution in [2.45, 2.75) is 0 Å². The van der Waals surface area contributed by atoms with Crippen LogP contribution < -0.4 is 10.3 Å². The van der Waals surface area contributed by atoms with Gasteiger partial charge in [-0.2, -0.15) is 9.78 Å². The first-order chi connectivity index (χ1) is 16.6. The molecule has 0 bridgehead atoms. The van der Waals surface area contributed by atoms with Crippen molar-refractivity contribution < 1.29 is 13.9 Å². The van der Waals surface area contributed by atoms with Gasteiger partial charge in [-0.3, -0.25) is 4.79 Å². The van der Waals surface area contributed by atoms with Gasteiger partial charge in [0.2, 0.25) is 5.76 Å². The maximum absolute atomic E-state index is 13.3. The smallest absolute Gasteiger partial charge is 0.379 e. The minimum atomic E-state index is -0.633. The van der Waals surface area contributed by atoms with E-state index in [-0.39, 0.29) is 17.1 Å². The molecule has 0 fully saturated rings. The lowest BCUT2D eigenvalue weighted by Gasteiger charge is -2.10. The van der Waals surface area contributed by atoms with Gasteiger partial charge in [0, 0.05) is 15.6 Å². The van der Waals surface area contributed by atoms with Crippen molar-refractivity contribution in [1.82, 2.24) is 9.66 Å². The zero-order valence-corrected chi connectivity index (χ0v) is 19.2. The second-order valence-corrected chi connectivity index (χ2v) is 8.14. The Labute approximate surface area is 202 Å². The number of esters is 1. The number of fused-ring (bicyclic) bond motifs is 1. The third kappa shape index (κ3) is 4.31. The molecule has 0 atom stereocenters. The second kappa shape index (κ2) is 9.29. The van der Waals surface area contributed by atoms with Crippen LogP contribution in [0.2, 0.25) is 0 Å². The van der Waals surface area contributed by atoms with E-state index in [0.29, 0.717) is 22.3 Å². The van der Waals surface area contributed by atoms with Crippen LogP contribution in [0.3, 0.4) is 0 Å². The minimum Gasteiger partial charge on any atom is -0.457 e. The molecule has 7 nitrogen and oxygen atoms in total. The number of para-hydroxylation sites is 2. The van der Waals surface area contributed by atoms with Gasteiger partial charge in [-0.1, -0.05) is 52.3 Å². The Bertz CT molecular complexity index is 1570. The third-order valence-corrected chi connectivity index (χ3v) is 5.54. The summed E-state index contributed by atoms with van der Waals surface area (Å²) < 4.78 is 12.7. The zero-order chi connectivity index (χ0) is 23.5. The summed E-state index contributed by atoms with van der Waals surface area (Å²) in [5.41, 5.74) is 1.49. The van der Waals surface area contributed by atoms with Gasteiger partial charge in [0.05, 0.1) is 23.4 Å². The van der Waals surface area contributed by atoms with Crippen molar-refractivity contribution >= 4 is 39.0 Å². The molecule has 0 spiro atoms. The normalized spacial score (nSPS) is 11.2. The highest BCUT2D eigenvalue weighted by atomic mass is 79.9. The first-order valence-corrected chi connectivity index (χ1v) is 11.1. The SMILES string of the molecule is O=C(Oc1ccccc1C=Nn1c(-c2ccc(Br)cc2)nc2ccccc2c1=O)c1ccco1. The summed E-state index contributed by atoms with van der Waals surface area (Å²) in [6.45, 7) is 0. The van der Waals surface area contributed by atoms with Crippen molar-refractivity contribution in [3.05, 3.63) is 117 Å². The highest BCUT2D eigenvalue weighted by molar-refractivity contribution is 9.10. The Kier molecular flexibility index (Phi) is 5.88. The van der Waals surface area contributed by atoms with Crippen LogP contribution in [0.1, 0.15) is 16.1 Å². The van der Waals surface area contributed by atoms with Crippen LogP contribution in [0.4, 0.5) is 0 Å². The molecular formula is C26H16BrN3O4.